The van der Waals surface area contributed by atoms with Crippen LogP contribution in [0.4, 0.5) is 0 Å². The van der Waals surface area contributed by atoms with Crippen molar-refractivity contribution in [1.82, 2.24) is 10.2 Å². The molecule has 5 heteroatoms. The third kappa shape index (κ3) is 1.66. The minimum Gasteiger partial charge on any atom is -0.463 e. The Morgan fingerprint density at radius 3 is 2.69 bits per heavy atom. The van der Waals surface area contributed by atoms with Crippen molar-refractivity contribution < 1.29 is 4.42 Å². The molecule has 0 aliphatic heterocycles. The first-order valence-corrected chi connectivity index (χ1v) is 4.25. The van der Waals surface area contributed by atoms with Crippen LogP contribution in [0, 0.1) is 0 Å². The minimum atomic E-state index is 0.192. The van der Waals surface area contributed by atoms with Crippen molar-refractivity contribution in [2.24, 2.45) is 0 Å². The van der Waals surface area contributed by atoms with E-state index in [4.69, 9.17) is 27.6 Å². The van der Waals surface area contributed by atoms with Gasteiger partial charge in [0.05, 0.1) is 11.3 Å². The smallest absolute Gasteiger partial charge is 0.170 e. The van der Waals surface area contributed by atoms with Crippen LogP contribution in [0.5, 0.6) is 0 Å². The lowest BCUT2D eigenvalue weighted by Crippen LogP contribution is -1.86. The van der Waals surface area contributed by atoms with Crippen LogP contribution >= 0.6 is 23.2 Å². The van der Waals surface area contributed by atoms with E-state index in [9.17, 15) is 0 Å². The Morgan fingerprint density at radius 1 is 1.23 bits per heavy atom. The summed E-state index contributed by atoms with van der Waals surface area (Å²) in [5.41, 5.74) is 0.569. The first-order valence-electron chi connectivity index (χ1n) is 3.50. The van der Waals surface area contributed by atoms with Gasteiger partial charge in [0.15, 0.2) is 10.9 Å². The van der Waals surface area contributed by atoms with Gasteiger partial charge in [-0.05, 0) is 18.2 Å². The van der Waals surface area contributed by atoms with Crippen molar-refractivity contribution in [3.63, 3.8) is 0 Å². The molecule has 0 spiro atoms. The Morgan fingerprint density at radius 2 is 2.08 bits per heavy atom. The molecule has 0 fully saturated rings. The largest absolute Gasteiger partial charge is 0.463 e. The molecule has 2 heterocycles. The van der Waals surface area contributed by atoms with E-state index in [0.29, 0.717) is 16.5 Å². The second-order valence-corrected chi connectivity index (χ2v) is 3.11. The van der Waals surface area contributed by atoms with Gasteiger partial charge in [0.1, 0.15) is 5.69 Å². The zero-order chi connectivity index (χ0) is 9.26. The zero-order valence-electron chi connectivity index (χ0n) is 6.37. The summed E-state index contributed by atoms with van der Waals surface area (Å²) in [5, 5.41) is 8.04. The number of rotatable bonds is 1. The molecule has 0 saturated heterocycles. The standard InChI is InChI=1S/C8H4Cl2N2O/c9-5-4-6(11-12-8(5)10)7-2-1-3-13-7/h1-4H. The normalized spacial score (nSPS) is 10.3. The summed E-state index contributed by atoms with van der Waals surface area (Å²) in [6.45, 7) is 0. The highest BCUT2D eigenvalue weighted by atomic mass is 35.5. The molecule has 0 aliphatic rings. The van der Waals surface area contributed by atoms with E-state index in [2.05, 4.69) is 10.2 Å². The van der Waals surface area contributed by atoms with E-state index in [1.54, 1.807) is 24.5 Å². The Kier molecular flexibility index (Phi) is 2.20. The van der Waals surface area contributed by atoms with Gasteiger partial charge in [-0.15, -0.1) is 10.2 Å². The molecule has 0 saturated carbocycles. The first-order chi connectivity index (χ1) is 6.27. The van der Waals surface area contributed by atoms with Crippen molar-refractivity contribution in [3.8, 4) is 11.5 Å². The van der Waals surface area contributed by atoms with Gasteiger partial charge in [0.2, 0.25) is 0 Å². The molecule has 0 bridgehead atoms. The van der Waals surface area contributed by atoms with Gasteiger partial charge >= 0.3 is 0 Å². The highest BCUT2D eigenvalue weighted by Crippen LogP contribution is 2.24. The summed E-state index contributed by atoms with van der Waals surface area (Å²) in [4.78, 5) is 0. The van der Waals surface area contributed by atoms with Gasteiger partial charge in [-0.1, -0.05) is 23.2 Å². The van der Waals surface area contributed by atoms with E-state index < -0.39 is 0 Å². The maximum absolute atomic E-state index is 5.75. The lowest BCUT2D eigenvalue weighted by molar-refractivity contribution is 0.579. The number of halogens is 2. The van der Waals surface area contributed by atoms with Crippen molar-refractivity contribution >= 4 is 23.2 Å². The molecular weight excluding hydrogens is 211 g/mol. The molecule has 3 nitrogen and oxygen atoms in total. The minimum absolute atomic E-state index is 0.192. The van der Waals surface area contributed by atoms with Crippen LogP contribution in [0.25, 0.3) is 11.5 Å². The number of hydrogen-bond acceptors (Lipinski definition) is 3. The molecule has 0 radical (unpaired) electrons. The molecule has 0 amide bonds. The van der Waals surface area contributed by atoms with Crippen LogP contribution in [0.1, 0.15) is 0 Å². The molecular formula is C8H4Cl2N2O. The predicted octanol–water partition coefficient (Wildman–Crippen LogP) is 3.04. The van der Waals surface area contributed by atoms with E-state index in [1.807, 2.05) is 0 Å². The van der Waals surface area contributed by atoms with Crippen LogP contribution in [-0.2, 0) is 0 Å². The molecule has 2 aromatic heterocycles. The second kappa shape index (κ2) is 3.36. The molecule has 2 aromatic rings. The highest BCUT2D eigenvalue weighted by molar-refractivity contribution is 6.41. The molecule has 0 aromatic carbocycles. The zero-order valence-corrected chi connectivity index (χ0v) is 7.88. The average molecular weight is 215 g/mol. The summed E-state index contributed by atoms with van der Waals surface area (Å²) in [6.07, 6.45) is 1.56. The summed E-state index contributed by atoms with van der Waals surface area (Å²) in [5.74, 6) is 0.617. The third-order valence-electron chi connectivity index (χ3n) is 1.48. The van der Waals surface area contributed by atoms with Crippen LogP contribution in [0.15, 0.2) is 28.9 Å². The second-order valence-electron chi connectivity index (χ2n) is 2.35. The Hall–Kier alpha value is -1.06. The van der Waals surface area contributed by atoms with Crippen molar-refractivity contribution in [2.45, 2.75) is 0 Å². The topological polar surface area (TPSA) is 38.9 Å². The van der Waals surface area contributed by atoms with Crippen LogP contribution in [-0.4, -0.2) is 10.2 Å². The SMILES string of the molecule is Clc1cc(-c2ccco2)nnc1Cl. The Bertz CT molecular complexity index is 414. The lowest BCUT2D eigenvalue weighted by atomic mass is 10.3. The maximum atomic E-state index is 5.75. The maximum Gasteiger partial charge on any atom is 0.170 e. The summed E-state index contributed by atoms with van der Waals surface area (Å²) >= 11 is 11.4. The van der Waals surface area contributed by atoms with E-state index in [0.717, 1.165) is 0 Å². The first kappa shape index (κ1) is 8.53. The quantitative estimate of drug-likeness (QED) is 0.733. The molecule has 13 heavy (non-hydrogen) atoms. The van der Waals surface area contributed by atoms with Crippen molar-refractivity contribution in [3.05, 3.63) is 34.6 Å². The van der Waals surface area contributed by atoms with E-state index in [1.165, 1.54) is 0 Å². The molecule has 0 N–H and O–H groups in total. The van der Waals surface area contributed by atoms with Gasteiger partial charge in [-0.2, -0.15) is 0 Å². The van der Waals surface area contributed by atoms with Gasteiger partial charge < -0.3 is 4.42 Å². The van der Waals surface area contributed by atoms with Gasteiger partial charge in [-0.25, -0.2) is 0 Å². The van der Waals surface area contributed by atoms with E-state index in [-0.39, 0.29) is 5.15 Å². The summed E-state index contributed by atoms with van der Waals surface area (Å²) in [6, 6.07) is 5.14. The monoisotopic (exact) mass is 214 g/mol. The highest BCUT2D eigenvalue weighted by Gasteiger charge is 2.06. The van der Waals surface area contributed by atoms with Crippen LogP contribution in [0.3, 0.4) is 0 Å². The van der Waals surface area contributed by atoms with Crippen molar-refractivity contribution in [2.75, 3.05) is 0 Å². The number of nitrogens with zero attached hydrogens (tertiary/aromatic N) is 2. The third-order valence-corrected chi connectivity index (χ3v) is 2.14. The molecule has 0 aliphatic carbocycles. The van der Waals surface area contributed by atoms with Gasteiger partial charge in [0, 0.05) is 0 Å². The fraction of sp³-hybridized carbons (Fsp3) is 0. The number of furan rings is 1. The van der Waals surface area contributed by atoms with Crippen LogP contribution < -0.4 is 0 Å². The summed E-state index contributed by atoms with van der Waals surface area (Å²) in [7, 11) is 0. The molecule has 0 unspecified atom stereocenters. The molecule has 0 atom stereocenters. The fourth-order valence-corrected chi connectivity index (χ4v) is 1.13. The Balaban J connectivity index is 2.49. The van der Waals surface area contributed by atoms with Gasteiger partial charge in [-0.3, -0.25) is 0 Å². The molecule has 66 valence electrons. The van der Waals surface area contributed by atoms with Gasteiger partial charge in [0.25, 0.3) is 0 Å². The summed E-state index contributed by atoms with van der Waals surface area (Å²) < 4.78 is 5.11. The number of hydrogen-bond donors (Lipinski definition) is 0. The van der Waals surface area contributed by atoms with Crippen molar-refractivity contribution in [1.29, 1.82) is 0 Å². The predicted molar refractivity (Wildman–Crippen MR) is 49.8 cm³/mol. The fourth-order valence-electron chi connectivity index (χ4n) is 0.899. The van der Waals surface area contributed by atoms with E-state index >= 15 is 0 Å². The average Bonchev–Trinajstić information content (AvgIpc) is 2.62. The lowest BCUT2D eigenvalue weighted by Gasteiger charge is -1.96. The molecule has 2 rings (SSSR count). The van der Waals surface area contributed by atoms with Crippen LogP contribution in [0.2, 0.25) is 10.2 Å². The number of aromatic nitrogens is 2. The Labute approximate surface area is 84.3 Å².